The Morgan fingerprint density at radius 1 is 1.23 bits per heavy atom. The summed E-state index contributed by atoms with van der Waals surface area (Å²) < 4.78 is 16.8. The molecule has 0 saturated heterocycles. The van der Waals surface area contributed by atoms with Crippen LogP contribution in [0.1, 0.15) is 11.3 Å². The van der Waals surface area contributed by atoms with Gasteiger partial charge < -0.3 is 19.5 Å². The van der Waals surface area contributed by atoms with Crippen LogP contribution in [0.25, 0.3) is 0 Å². The number of benzene rings is 1. The molecule has 0 fully saturated rings. The molecule has 26 heavy (non-hydrogen) atoms. The van der Waals surface area contributed by atoms with E-state index in [-0.39, 0.29) is 5.70 Å². The lowest BCUT2D eigenvalue weighted by molar-refractivity contribution is -0.138. The van der Waals surface area contributed by atoms with Crippen LogP contribution in [-0.2, 0) is 32.7 Å². The van der Waals surface area contributed by atoms with Gasteiger partial charge in [-0.2, -0.15) is 5.10 Å². The van der Waals surface area contributed by atoms with Crippen molar-refractivity contribution in [2.45, 2.75) is 13.5 Å². The number of aromatic nitrogens is 2. The van der Waals surface area contributed by atoms with Crippen molar-refractivity contribution in [1.82, 2.24) is 9.78 Å². The maximum atomic E-state index is 11.9. The molecule has 138 valence electrons. The highest BCUT2D eigenvalue weighted by Gasteiger charge is 2.15. The van der Waals surface area contributed by atoms with Crippen LogP contribution in [0.3, 0.4) is 0 Å². The number of anilines is 1. The Labute approximate surface area is 151 Å². The molecule has 8 nitrogen and oxygen atoms in total. The van der Waals surface area contributed by atoms with E-state index >= 15 is 0 Å². The molecule has 0 radical (unpaired) electrons. The standard InChI is InChI=1S/C18H21N3O5/c1-12-13(10-21(2)20-12)11-26-16-8-6-5-7-14(16)19-15(18(23)25-4)9-17(22)24-3/h5-10,19H,11H2,1-4H3/b15-9+. The molecule has 0 amide bonds. The van der Waals surface area contributed by atoms with Crippen LogP contribution in [0, 0.1) is 6.92 Å². The fourth-order valence-corrected chi connectivity index (χ4v) is 2.22. The first-order valence-electron chi connectivity index (χ1n) is 7.80. The molecule has 0 saturated carbocycles. The number of aryl methyl sites for hydroxylation is 2. The second-order valence-electron chi connectivity index (χ2n) is 5.40. The molecule has 0 spiro atoms. The summed E-state index contributed by atoms with van der Waals surface area (Å²) in [7, 11) is 4.29. The van der Waals surface area contributed by atoms with Gasteiger partial charge in [-0.15, -0.1) is 0 Å². The Bertz CT molecular complexity index is 826. The first-order chi connectivity index (χ1) is 12.4. The quantitative estimate of drug-likeness (QED) is 0.597. The lowest BCUT2D eigenvalue weighted by Gasteiger charge is -2.14. The van der Waals surface area contributed by atoms with Crippen molar-refractivity contribution in [3.63, 3.8) is 0 Å². The van der Waals surface area contributed by atoms with Crippen LogP contribution in [0.5, 0.6) is 5.75 Å². The molecule has 1 aromatic heterocycles. The largest absolute Gasteiger partial charge is 0.487 e. The Morgan fingerprint density at radius 3 is 2.58 bits per heavy atom. The van der Waals surface area contributed by atoms with E-state index in [1.807, 2.05) is 20.2 Å². The molecule has 1 aromatic carbocycles. The predicted molar refractivity (Wildman–Crippen MR) is 94.5 cm³/mol. The zero-order chi connectivity index (χ0) is 19.1. The van der Waals surface area contributed by atoms with Crippen molar-refractivity contribution >= 4 is 17.6 Å². The van der Waals surface area contributed by atoms with Gasteiger partial charge in [-0.1, -0.05) is 12.1 Å². The highest BCUT2D eigenvalue weighted by molar-refractivity contribution is 5.99. The molecule has 0 aliphatic carbocycles. The van der Waals surface area contributed by atoms with E-state index in [4.69, 9.17) is 4.74 Å². The van der Waals surface area contributed by atoms with E-state index < -0.39 is 11.9 Å². The van der Waals surface area contributed by atoms with Crippen LogP contribution in [-0.4, -0.2) is 35.9 Å². The van der Waals surface area contributed by atoms with Crippen LogP contribution >= 0.6 is 0 Å². The molecule has 0 bridgehead atoms. The van der Waals surface area contributed by atoms with Gasteiger partial charge in [0, 0.05) is 18.8 Å². The topological polar surface area (TPSA) is 91.7 Å². The van der Waals surface area contributed by atoms with E-state index in [1.165, 1.54) is 14.2 Å². The number of carbonyl (C=O) groups excluding carboxylic acids is 2. The SMILES string of the molecule is COC(=O)/C=C(/Nc1ccccc1OCc1cn(C)nc1C)C(=O)OC. The molecule has 8 heteroatoms. The Kier molecular flexibility index (Phi) is 6.37. The van der Waals surface area contributed by atoms with Crippen LogP contribution < -0.4 is 10.1 Å². The van der Waals surface area contributed by atoms with Crippen LogP contribution in [0.2, 0.25) is 0 Å². The third kappa shape index (κ3) is 4.85. The third-order valence-electron chi connectivity index (χ3n) is 3.52. The number of nitrogens with one attached hydrogen (secondary N) is 1. The number of esters is 2. The summed E-state index contributed by atoms with van der Waals surface area (Å²) in [5, 5.41) is 7.13. The van der Waals surface area contributed by atoms with E-state index in [1.54, 1.807) is 28.9 Å². The van der Waals surface area contributed by atoms with Crippen LogP contribution in [0.4, 0.5) is 5.69 Å². The smallest absolute Gasteiger partial charge is 0.354 e. The van der Waals surface area contributed by atoms with Crippen LogP contribution in [0.15, 0.2) is 42.2 Å². The molecular weight excluding hydrogens is 338 g/mol. The highest BCUT2D eigenvalue weighted by Crippen LogP contribution is 2.26. The monoisotopic (exact) mass is 359 g/mol. The van der Waals surface area contributed by atoms with Gasteiger partial charge in [0.15, 0.2) is 0 Å². The zero-order valence-corrected chi connectivity index (χ0v) is 15.1. The minimum Gasteiger partial charge on any atom is -0.487 e. The second kappa shape index (κ2) is 8.70. The maximum Gasteiger partial charge on any atom is 0.354 e. The number of methoxy groups -OCH3 is 2. The number of carbonyl (C=O) groups is 2. The highest BCUT2D eigenvalue weighted by atomic mass is 16.5. The lowest BCUT2D eigenvalue weighted by Crippen LogP contribution is -2.16. The molecule has 1 heterocycles. The molecule has 2 rings (SSSR count). The second-order valence-corrected chi connectivity index (χ2v) is 5.40. The number of hydrogen-bond acceptors (Lipinski definition) is 7. The minimum absolute atomic E-state index is 0.0621. The molecule has 0 atom stereocenters. The molecular formula is C18H21N3O5. The minimum atomic E-state index is -0.701. The van der Waals surface area contributed by atoms with Crippen molar-refractivity contribution in [3.8, 4) is 5.75 Å². The van der Waals surface area contributed by atoms with E-state index in [0.29, 0.717) is 18.0 Å². The zero-order valence-electron chi connectivity index (χ0n) is 15.1. The fourth-order valence-electron chi connectivity index (χ4n) is 2.22. The molecule has 2 aromatic rings. The Hall–Kier alpha value is -3.29. The first kappa shape index (κ1) is 19.0. The van der Waals surface area contributed by atoms with E-state index in [2.05, 4.69) is 19.9 Å². The summed E-state index contributed by atoms with van der Waals surface area (Å²) in [5.74, 6) is -0.869. The first-order valence-corrected chi connectivity index (χ1v) is 7.80. The maximum absolute atomic E-state index is 11.9. The van der Waals surface area contributed by atoms with Gasteiger partial charge in [-0.05, 0) is 19.1 Å². The van der Waals surface area contributed by atoms with Gasteiger partial charge in [-0.25, -0.2) is 9.59 Å². The molecule has 0 aliphatic heterocycles. The average molecular weight is 359 g/mol. The van der Waals surface area contributed by atoms with Gasteiger partial charge >= 0.3 is 11.9 Å². The summed E-state index contributed by atoms with van der Waals surface area (Å²) in [4.78, 5) is 23.4. The molecule has 0 aliphatic rings. The fraction of sp³-hybridized carbons (Fsp3) is 0.278. The van der Waals surface area contributed by atoms with Gasteiger partial charge in [0.25, 0.3) is 0 Å². The molecule has 1 N–H and O–H groups in total. The van der Waals surface area contributed by atoms with Crippen molar-refractivity contribution in [3.05, 3.63) is 53.5 Å². The number of para-hydroxylation sites is 2. The number of ether oxygens (including phenoxy) is 3. The summed E-state index contributed by atoms with van der Waals surface area (Å²) >= 11 is 0. The average Bonchev–Trinajstić information content (AvgIpc) is 2.96. The Balaban J connectivity index is 2.21. The summed E-state index contributed by atoms with van der Waals surface area (Å²) in [6.45, 7) is 2.21. The lowest BCUT2D eigenvalue weighted by atomic mass is 10.2. The van der Waals surface area contributed by atoms with Gasteiger partial charge in [0.05, 0.1) is 31.7 Å². The van der Waals surface area contributed by atoms with Crippen molar-refractivity contribution in [2.24, 2.45) is 7.05 Å². The van der Waals surface area contributed by atoms with E-state index in [0.717, 1.165) is 17.3 Å². The number of nitrogens with zero attached hydrogens (tertiary/aromatic N) is 2. The van der Waals surface area contributed by atoms with Crippen molar-refractivity contribution in [1.29, 1.82) is 0 Å². The van der Waals surface area contributed by atoms with E-state index in [9.17, 15) is 9.59 Å². The number of rotatable bonds is 7. The summed E-state index contributed by atoms with van der Waals surface area (Å²) in [6.07, 6.45) is 2.90. The number of hydrogen-bond donors (Lipinski definition) is 1. The van der Waals surface area contributed by atoms with Gasteiger partial charge in [-0.3, -0.25) is 4.68 Å². The van der Waals surface area contributed by atoms with Gasteiger partial charge in [0.2, 0.25) is 0 Å². The van der Waals surface area contributed by atoms with Crippen molar-refractivity contribution < 1.29 is 23.8 Å². The normalized spacial score (nSPS) is 11.0. The summed E-state index contributed by atoms with van der Waals surface area (Å²) in [5.41, 5.74) is 2.27. The van der Waals surface area contributed by atoms with Crippen molar-refractivity contribution in [2.75, 3.05) is 19.5 Å². The van der Waals surface area contributed by atoms with Gasteiger partial charge in [0.1, 0.15) is 18.1 Å². The molecule has 0 unspecified atom stereocenters. The third-order valence-corrected chi connectivity index (χ3v) is 3.52. The summed E-state index contributed by atoms with van der Waals surface area (Å²) in [6, 6.07) is 7.05. The Morgan fingerprint density at radius 2 is 1.96 bits per heavy atom. The predicted octanol–water partition coefficient (Wildman–Crippen LogP) is 1.95.